The van der Waals surface area contributed by atoms with Gasteiger partial charge in [-0.15, -0.1) is 0 Å². The molecule has 0 aromatic heterocycles. The molecule has 50 heavy (non-hydrogen) atoms. The molecule has 6 atom stereocenters. The second kappa shape index (κ2) is 29.1. The maximum atomic E-state index is 6.35. The van der Waals surface area contributed by atoms with Crippen LogP contribution in [0.1, 0.15) is 198 Å². The molecule has 0 saturated carbocycles. The molecule has 294 valence electrons. The van der Waals surface area contributed by atoms with E-state index >= 15 is 0 Å². The summed E-state index contributed by atoms with van der Waals surface area (Å²) >= 11 is 0. The van der Waals surface area contributed by atoms with Crippen molar-refractivity contribution in [1.29, 1.82) is 0 Å². The van der Waals surface area contributed by atoms with Crippen molar-refractivity contribution < 1.29 is 9.47 Å². The van der Waals surface area contributed by atoms with Crippen LogP contribution in [0.15, 0.2) is 18.2 Å². The molecular weight excluding hydrogens is 611 g/mol. The maximum Gasteiger partial charge on any atom is 0.163 e. The first-order valence-electron chi connectivity index (χ1n) is 22.0. The average Bonchev–Trinajstić information content (AvgIpc) is 3.05. The van der Waals surface area contributed by atoms with Crippen LogP contribution in [0.5, 0.6) is 11.5 Å². The number of hydrogen-bond donors (Lipinski definition) is 1. The van der Waals surface area contributed by atoms with Crippen molar-refractivity contribution >= 4 is 5.69 Å². The molecule has 1 aromatic carbocycles. The Morgan fingerprint density at radius 3 is 1.02 bits per heavy atom. The van der Waals surface area contributed by atoms with E-state index < -0.39 is 0 Å². The Bertz CT molecular complexity index is 912. The summed E-state index contributed by atoms with van der Waals surface area (Å²) in [5.74, 6) is 8.34. The fourth-order valence-corrected chi connectivity index (χ4v) is 7.51. The quantitative estimate of drug-likeness (QED) is 0.0792. The zero-order chi connectivity index (χ0) is 37.1. The summed E-state index contributed by atoms with van der Waals surface area (Å²) in [6, 6.07) is 6.27. The molecule has 0 fully saturated rings. The molecule has 1 N–H and O–H groups in total. The molecule has 1 rings (SSSR count). The normalized spacial score (nSPS) is 15.5. The molecule has 0 bridgehead atoms. The Morgan fingerprint density at radius 2 is 0.700 bits per heavy atom. The van der Waals surface area contributed by atoms with E-state index in [4.69, 9.17) is 9.47 Å². The monoisotopic (exact) mass is 700 g/mol. The molecule has 0 heterocycles. The summed E-state index contributed by atoms with van der Waals surface area (Å²) < 4.78 is 12.7. The smallest absolute Gasteiger partial charge is 0.163 e. The van der Waals surface area contributed by atoms with Gasteiger partial charge in [-0.05, 0) is 72.3 Å². The summed E-state index contributed by atoms with van der Waals surface area (Å²) in [7, 11) is 1.97. The third kappa shape index (κ3) is 25.6. The lowest BCUT2D eigenvalue weighted by Crippen LogP contribution is -2.08. The highest BCUT2D eigenvalue weighted by Gasteiger charge is 2.13. The second-order valence-electron chi connectivity index (χ2n) is 18.2. The second-order valence-corrected chi connectivity index (χ2v) is 18.2. The van der Waals surface area contributed by atoms with E-state index in [1.807, 2.05) is 7.05 Å². The van der Waals surface area contributed by atoms with E-state index in [2.05, 4.69) is 92.8 Å². The highest BCUT2D eigenvalue weighted by atomic mass is 16.5. The van der Waals surface area contributed by atoms with E-state index in [-0.39, 0.29) is 0 Å². The van der Waals surface area contributed by atoms with Gasteiger partial charge in [-0.2, -0.15) is 0 Å². The average molecular weight is 700 g/mol. The van der Waals surface area contributed by atoms with Crippen molar-refractivity contribution in [1.82, 2.24) is 0 Å². The van der Waals surface area contributed by atoms with Gasteiger partial charge < -0.3 is 14.8 Å². The zero-order valence-electron chi connectivity index (χ0n) is 35.7. The standard InChI is InChI=1S/C47H89NO2/c1-37(2)18-12-20-39(5)22-14-24-41(7)26-16-28-43(9)32-34-49-46-31-30-45(48-11)36-47(46)50-35-33-44(10)29-17-27-42(8)25-15-23-40(6)21-13-19-38(3)4/h30-31,36-44,48H,12-29,32-35H2,1-11H3. The summed E-state index contributed by atoms with van der Waals surface area (Å²) in [5.41, 5.74) is 1.07. The number of nitrogens with one attached hydrogen (secondary N) is 1. The minimum atomic E-state index is 0.687. The van der Waals surface area contributed by atoms with Crippen molar-refractivity contribution in [2.75, 3.05) is 25.6 Å². The Balaban J connectivity index is 2.26. The molecule has 0 aliphatic rings. The number of hydrogen-bond acceptors (Lipinski definition) is 3. The van der Waals surface area contributed by atoms with Crippen molar-refractivity contribution in [2.24, 2.45) is 47.3 Å². The van der Waals surface area contributed by atoms with Gasteiger partial charge in [-0.3, -0.25) is 0 Å². The van der Waals surface area contributed by atoms with Crippen molar-refractivity contribution in [3.05, 3.63) is 18.2 Å². The van der Waals surface area contributed by atoms with Crippen molar-refractivity contribution in [3.8, 4) is 11.5 Å². The first kappa shape index (κ1) is 46.6. The molecule has 0 radical (unpaired) electrons. The van der Waals surface area contributed by atoms with Gasteiger partial charge in [-0.1, -0.05) is 185 Å². The lowest BCUT2D eigenvalue weighted by atomic mass is 9.91. The van der Waals surface area contributed by atoms with Crippen LogP contribution in [-0.4, -0.2) is 20.3 Å². The zero-order valence-corrected chi connectivity index (χ0v) is 35.7. The van der Waals surface area contributed by atoms with E-state index in [1.165, 1.54) is 116 Å². The van der Waals surface area contributed by atoms with Gasteiger partial charge in [0.05, 0.1) is 13.2 Å². The molecule has 1 aromatic rings. The first-order chi connectivity index (χ1) is 23.9. The number of ether oxygens (including phenoxy) is 2. The van der Waals surface area contributed by atoms with E-state index in [9.17, 15) is 0 Å². The Hall–Kier alpha value is -1.38. The SMILES string of the molecule is CNc1ccc(OCCC(C)CCCC(C)CCCC(C)CCCC(C)C)c(OCCC(C)CCCC(C)CCCC(C)CCCC(C)C)c1. The van der Waals surface area contributed by atoms with E-state index in [1.54, 1.807) is 0 Å². The minimum Gasteiger partial charge on any atom is -0.490 e. The molecule has 0 saturated heterocycles. The Labute approximate surface area is 314 Å². The highest BCUT2D eigenvalue weighted by molar-refractivity contribution is 5.54. The van der Waals surface area contributed by atoms with Crippen LogP contribution in [0, 0.1) is 47.3 Å². The van der Waals surface area contributed by atoms with Gasteiger partial charge in [0.15, 0.2) is 11.5 Å². The number of anilines is 1. The van der Waals surface area contributed by atoms with Crippen LogP contribution in [0.3, 0.4) is 0 Å². The summed E-state index contributed by atoms with van der Waals surface area (Å²) in [6.07, 6.45) is 27.0. The van der Waals surface area contributed by atoms with Crippen LogP contribution < -0.4 is 14.8 Å². The van der Waals surface area contributed by atoms with Crippen molar-refractivity contribution in [2.45, 2.75) is 198 Å². The maximum absolute atomic E-state index is 6.35. The molecule has 6 unspecified atom stereocenters. The number of benzene rings is 1. The van der Waals surface area contributed by atoms with Crippen LogP contribution in [0.2, 0.25) is 0 Å². The summed E-state index contributed by atoms with van der Waals surface area (Å²) in [6.45, 7) is 25.5. The Kier molecular flexibility index (Phi) is 27.2. The lowest BCUT2D eigenvalue weighted by Gasteiger charge is -2.18. The van der Waals surface area contributed by atoms with Gasteiger partial charge >= 0.3 is 0 Å². The van der Waals surface area contributed by atoms with Gasteiger partial charge in [-0.25, -0.2) is 0 Å². The molecule has 3 nitrogen and oxygen atoms in total. The van der Waals surface area contributed by atoms with Crippen LogP contribution >= 0.6 is 0 Å². The fraction of sp³-hybridized carbons (Fsp3) is 0.872. The fourth-order valence-electron chi connectivity index (χ4n) is 7.51. The first-order valence-corrected chi connectivity index (χ1v) is 22.0. The third-order valence-electron chi connectivity index (χ3n) is 11.5. The van der Waals surface area contributed by atoms with Crippen LogP contribution in [0.25, 0.3) is 0 Å². The predicted molar refractivity (Wildman–Crippen MR) is 224 cm³/mol. The van der Waals surface area contributed by atoms with Gasteiger partial charge in [0.1, 0.15) is 0 Å². The largest absolute Gasteiger partial charge is 0.490 e. The molecular formula is C47H89NO2. The van der Waals surface area contributed by atoms with Gasteiger partial charge in [0.25, 0.3) is 0 Å². The molecule has 0 spiro atoms. The van der Waals surface area contributed by atoms with E-state index in [0.29, 0.717) is 11.8 Å². The van der Waals surface area contributed by atoms with Crippen molar-refractivity contribution in [3.63, 3.8) is 0 Å². The third-order valence-corrected chi connectivity index (χ3v) is 11.5. The Morgan fingerprint density at radius 1 is 0.400 bits per heavy atom. The summed E-state index contributed by atoms with van der Waals surface area (Å²) in [5, 5.41) is 3.27. The minimum absolute atomic E-state index is 0.687. The molecule has 0 amide bonds. The van der Waals surface area contributed by atoms with Gasteiger partial charge in [0.2, 0.25) is 0 Å². The molecule has 3 heteroatoms. The van der Waals surface area contributed by atoms with Crippen LogP contribution in [0.4, 0.5) is 5.69 Å². The molecule has 0 aliphatic heterocycles. The van der Waals surface area contributed by atoms with E-state index in [0.717, 1.165) is 78.7 Å². The summed E-state index contributed by atoms with van der Waals surface area (Å²) in [4.78, 5) is 0. The van der Waals surface area contributed by atoms with Crippen LogP contribution in [-0.2, 0) is 0 Å². The highest BCUT2D eigenvalue weighted by Crippen LogP contribution is 2.32. The predicted octanol–water partition coefficient (Wildman–Crippen LogP) is 15.4. The number of rotatable bonds is 33. The molecule has 0 aliphatic carbocycles. The topological polar surface area (TPSA) is 30.5 Å². The lowest BCUT2D eigenvalue weighted by molar-refractivity contribution is 0.237. The van der Waals surface area contributed by atoms with Gasteiger partial charge in [0, 0.05) is 18.8 Å².